The van der Waals surface area contributed by atoms with Gasteiger partial charge >= 0.3 is 0 Å². The van der Waals surface area contributed by atoms with Gasteiger partial charge in [-0.1, -0.05) is 13.8 Å². The van der Waals surface area contributed by atoms with E-state index in [1.165, 1.54) is 10.6 Å². The number of nitrogens with zero attached hydrogens (tertiary/aromatic N) is 1. The number of thioether (sulfide) groups is 1. The predicted molar refractivity (Wildman–Crippen MR) is 81.0 cm³/mol. The summed E-state index contributed by atoms with van der Waals surface area (Å²) in [5.74, 6) is 1.02. The van der Waals surface area contributed by atoms with E-state index in [-0.39, 0.29) is 11.7 Å². The minimum absolute atomic E-state index is 0.202. The van der Waals surface area contributed by atoms with Crippen LogP contribution in [0.5, 0.6) is 0 Å². The third-order valence-electron chi connectivity index (χ3n) is 3.57. The van der Waals surface area contributed by atoms with Crippen LogP contribution in [0.3, 0.4) is 0 Å². The molecule has 0 radical (unpaired) electrons. The highest BCUT2D eigenvalue weighted by Gasteiger charge is 2.27. The fourth-order valence-electron chi connectivity index (χ4n) is 2.23. The monoisotopic (exact) mass is 307 g/mol. The van der Waals surface area contributed by atoms with Crippen LogP contribution in [0.2, 0.25) is 0 Å². The Kier molecular flexibility index (Phi) is 6.83. The Hall–Kier alpha value is -0.0700. The maximum atomic E-state index is 11.9. The molecule has 1 heterocycles. The van der Waals surface area contributed by atoms with Crippen molar-refractivity contribution in [2.45, 2.75) is 44.8 Å². The summed E-state index contributed by atoms with van der Waals surface area (Å²) in [6.07, 6.45) is 4.67. The standard InChI is InChI=1S/C13H25NO3S2/c1-4-11(2)18-10-13(15)8-12-6-5-7-14(9-12)19(3,16)17/h11-12H,4-10H2,1-3H3. The van der Waals surface area contributed by atoms with Gasteiger partial charge in [-0.25, -0.2) is 12.7 Å². The van der Waals surface area contributed by atoms with Crippen molar-refractivity contribution in [2.24, 2.45) is 5.92 Å². The lowest BCUT2D eigenvalue weighted by Crippen LogP contribution is -2.39. The van der Waals surface area contributed by atoms with Crippen LogP contribution in [-0.4, -0.2) is 48.9 Å². The zero-order valence-corrected chi connectivity index (χ0v) is 13.7. The van der Waals surface area contributed by atoms with Crippen molar-refractivity contribution >= 4 is 27.6 Å². The zero-order chi connectivity index (χ0) is 14.5. The SMILES string of the molecule is CCC(C)SCC(=O)CC1CCCN(S(C)(=O)=O)C1. The summed E-state index contributed by atoms with van der Waals surface area (Å²) in [6, 6.07) is 0. The lowest BCUT2D eigenvalue weighted by atomic mass is 9.94. The van der Waals surface area contributed by atoms with Crippen LogP contribution >= 0.6 is 11.8 Å². The number of piperidine rings is 1. The number of carbonyl (C=O) groups is 1. The molecule has 0 aromatic heterocycles. The van der Waals surface area contributed by atoms with Crippen LogP contribution in [-0.2, 0) is 14.8 Å². The summed E-state index contributed by atoms with van der Waals surface area (Å²) in [5.41, 5.74) is 0. The first-order chi connectivity index (χ1) is 8.82. The molecule has 2 unspecified atom stereocenters. The van der Waals surface area contributed by atoms with Gasteiger partial charge in [-0.15, -0.1) is 0 Å². The summed E-state index contributed by atoms with van der Waals surface area (Å²) in [6.45, 7) is 5.36. The van der Waals surface area contributed by atoms with Gasteiger partial charge < -0.3 is 0 Å². The second-order valence-electron chi connectivity index (χ2n) is 5.40. The maximum absolute atomic E-state index is 11.9. The van der Waals surface area contributed by atoms with Crippen LogP contribution in [0.15, 0.2) is 0 Å². The predicted octanol–water partition coefficient (Wildman–Crippen LogP) is 2.15. The largest absolute Gasteiger partial charge is 0.299 e. The lowest BCUT2D eigenvalue weighted by Gasteiger charge is -2.30. The van der Waals surface area contributed by atoms with Gasteiger partial charge in [-0.3, -0.25) is 4.79 Å². The molecular formula is C13H25NO3S2. The van der Waals surface area contributed by atoms with Crippen molar-refractivity contribution in [3.8, 4) is 0 Å². The minimum Gasteiger partial charge on any atom is -0.299 e. The first kappa shape index (κ1) is 17.0. The van der Waals surface area contributed by atoms with Crippen molar-refractivity contribution in [1.82, 2.24) is 4.31 Å². The summed E-state index contributed by atoms with van der Waals surface area (Å²) >= 11 is 1.70. The number of rotatable bonds is 7. The topological polar surface area (TPSA) is 54.5 Å². The lowest BCUT2D eigenvalue weighted by molar-refractivity contribution is -0.117. The fraction of sp³-hybridized carbons (Fsp3) is 0.923. The molecule has 0 bridgehead atoms. The molecule has 1 aliphatic heterocycles. The Balaban J connectivity index is 2.38. The molecule has 19 heavy (non-hydrogen) atoms. The van der Waals surface area contributed by atoms with Gasteiger partial charge in [0, 0.05) is 24.8 Å². The molecule has 0 N–H and O–H groups in total. The highest BCUT2D eigenvalue weighted by Crippen LogP contribution is 2.23. The normalized spacial score (nSPS) is 23.2. The van der Waals surface area contributed by atoms with E-state index in [0.29, 0.717) is 30.5 Å². The molecule has 0 aliphatic carbocycles. The zero-order valence-electron chi connectivity index (χ0n) is 12.1. The van der Waals surface area contributed by atoms with E-state index in [4.69, 9.17) is 0 Å². The van der Waals surface area contributed by atoms with E-state index in [2.05, 4.69) is 13.8 Å². The number of Topliss-reactive ketones (excluding diaryl/α,β-unsaturated/α-hetero) is 1. The first-order valence-corrected chi connectivity index (χ1v) is 9.81. The van der Waals surface area contributed by atoms with Crippen LogP contribution in [0.1, 0.15) is 39.5 Å². The Bertz CT molecular complexity index is 395. The van der Waals surface area contributed by atoms with E-state index in [1.54, 1.807) is 11.8 Å². The number of carbonyl (C=O) groups excluding carboxylic acids is 1. The van der Waals surface area contributed by atoms with Crippen molar-refractivity contribution in [3.63, 3.8) is 0 Å². The van der Waals surface area contributed by atoms with Crippen molar-refractivity contribution < 1.29 is 13.2 Å². The van der Waals surface area contributed by atoms with Crippen molar-refractivity contribution in [3.05, 3.63) is 0 Å². The van der Waals surface area contributed by atoms with Crippen LogP contribution < -0.4 is 0 Å². The van der Waals surface area contributed by atoms with Gasteiger partial charge in [-0.05, 0) is 25.2 Å². The number of hydrogen-bond acceptors (Lipinski definition) is 4. The highest BCUT2D eigenvalue weighted by molar-refractivity contribution is 8.00. The van der Waals surface area contributed by atoms with Crippen LogP contribution in [0.25, 0.3) is 0 Å². The molecule has 1 rings (SSSR count). The van der Waals surface area contributed by atoms with Gasteiger partial charge in [0.05, 0.1) is 12.0 Å². The molecule has 1 fully saturated rings. The molecule has 4 nitrogen and oxygen atoms in total. The minimum atomic E-state index is -3.11. The van der Waals surface area contributed by atoms with Gasteiger partial charge in [0.1, 0.15) is 5.78 Å². The third-order valence-corrected chi connectivity index (χ3v) is 6.23. The second kappa shape index (κ2) is 7.64. The second-order valence-corrected chi connectivity index (χ2v) is 8.81. The van der Waals surface area contributed by atoms with E-state index >= 15 is 0 Å². The highest BCUT2D eigenvalue weighted by atomic mass is 32.2. The molecule has 0 amide bonds. The smallest absolute Gasteiger partial charge is 0.211 e. The molecular weight excluding hydrogens is 282 g/mol. The Morgan fingerprint density at radius 1 is 1.47 bits per heavy atom. The number of sulfonamides is 1. The van der Waals surface area contributed by atoms with Crippen molar-refractivity contribution in [2.75, 3.05) is 25.1 Å². The molecule has 2 atom stereocenters. The average Bonchev–Trinajstić information content (AvgIpc) is 2.35. The summed E-state index contributed by atoms with van der Waals surface area (Å²) < 4.78 is 24.5. The first-order valence-electron chi connectivity index (χ1n) is 6.91. The number of ketones is 1. The molecule has 1 saturated heterocycles. The Morgan fingerprint density at radius 3 is 2.74 bits per heavy atom. The molecule has 0 spiro atoms. The van der Waals surface area contributed by atoms with Crippen molar-refractivity contribution in [1.29, 1.82) is 0 Å². The van der Waals surface area contributed by atoms with Gasteiger partial charge in [0.15, 0.2) is 0 Å². The van der Waals surface area contributed by atoms with Crippen LogP contribution in [0, 0.1) is 5.92 Å². The van der Waals surface area contributed by atoms with Gasteiger partial charge in [-0.2, -0.15) is 11.8 Å². The maximum Gasteiger partial charge on any atom is 0.211 e. The average molecular weight is 307 g/mol. The van der Waals surface area contributed by atoms with E-state index < -0.39 is 10.0 Å². The molecule has 0 aromatic rings. The summed E-state index contributed by atoms with van der Waals surface area (Å²) in [7, 11) is -3.11. The van der Waals surface area contributed by atoms with E-state index in [9.17, 15) is 13.2 Å². The Morgan fingerprint density at radius 2 is 2.16 bits per heavy atom. The third kappa shape index (κ3) is 6.27. The Labute approximate surface area is 121 Å². The molecule has 1 aliphatic rings. The molecule has 0 aromatic carbocycles. The summed E-state index contributed by atoms with van der Waals surface area (Å²) in [4.78, 5) is 11.9. The van der Waals surface area contributed by atoms with E-state index in [1.807, 2.05) is 0 Å². The molecule has 6 heteroatoms. The fourth-order valence-corrected chi connectivity index (χ4v) is 3.99. The molecule has 112 valence electrons. The van der Waals surface area contributed by atoms with E-state index in [0.717, 1.165) is 19.3 Å². The summed E-state index contributed by atoms with van der Waals surface area (Å²) in [5, 5.41) is 0.517. The van der Waals surface area contributed by atoms with Crippen LogP contribution in [0.4, 0.5) is 0 Å². The van der Waals surface area contributed by atoms with Gasteiger partial charge in [0.25, 0.3) is 0 Å². The van der Waals surface area contributed by atoms with Gasteiger partial charge in [0.2, 0.25) is 10.0 Å². The quantitative estimate of drug-likeness (QED) is 0.723. The molecule has 0 saturated carbocycles. The number of hydrogen-bond donors (Lipinski definition) is 0.